The van der Waals surface area contributed by atoms with Crippen molar-refractivity contribution >= 4 is 29.7 Å². The predicted molar refractivity (Wildman–Crippen MR) is 164 cm³/mol. The molecule has 6 N–H and O–H groups in total. The molecule has 3 aromatic rings. The molecule has 11 heteroatoms. The van der Waals surface area contributed by atoms with E-state index in [0.29, 0.717) is 24.1 Å². The normalized spacial score (nSPS) is 14.0. The number of carboxylic acid groups (broad SMARTS) is 2. The number of rotatable bonds is 11. The fourth-order valence-electron chi connectivity index (χ4n) is 5.41. The van der Waals surface area contributed by atoms with Gasteiger partial charge in [0.25, 0.3) is 0 Å². The minimum atomic E-state index is -1.22. The molecule has 0 spiro atoms. The van der Waals surface area contributed by atoms with Crippen molar-refractivity contribution in [3.05, 3.63) is 76.9 Å². The van der Waals surface area contributed by atoms with E-state index >= 15 is 0 Å². The van der Waals surface area contributed by atoms with Gasteiger partial charge in [0.1, 0.15) is 12.4 Å². The molecule has 0 saturated heterocycles. The Balaban J connectivity index is 1.86. The number of urea groups is 1. The fourth-order valence-corrected chi connectivity index (χ4v) is 5.41. The van der Waals surface area contributed by atoms with Gasteiger partial charge in [-0.15, -0.1) is 0 Å². The quantitative estimate of drug-likeness (QED) is 0.178. The molecule has 2 atom stereocenters. The van der Waals surface area contributed by atoms with Crippen molar-refractivity contribution in [3.8, 4) is 22.3 Å². The van der Waals surface area contributed by atoms with Gasteiger partial charge in [0.15, 0.2) is 0 Å². The first-order valence-corrected chi connectivity index (χ1v) is 14.4. The zero-order valence-electron chi connectivity index (χ0n) is 24.5. The van der Waals surface area contributed by atoms with Crippen molar-refractivity contribution in [1.82, 2.24) is 10.3 Å². The lowest BCUT2D eigenvalue weighted by atomic mass is 9.85. The molecule has 10 nitrogen and oxygen atoms in total. The van der Waals surface area contributed by atoms with Crippen molar-refractivity contribution < 1.29 is 39.2 Å². The summed E-state index contributed by atoms with van der Waals surface area (Å²) in [6.45, 7) is 3.50. The number of hydrogen-bond acceptors (Lipinski definition) is 6. The molecule has 0 fully saturated rings. The Morgan fingerprint density at radius 3 is 2.39 bits per heavy atom. The van der Waals surface area contributed by atoms with E-state index in [-0.39, 0.29) is 12.3 Å². The summed E-state index contributed by atoms with van der Waals surface area (Å²) in [6, 6.07) is 10.9. The number of carbonyl (C=O) groups excluding carboxylic acids is 1. The molecule has 2 aromatic carbocycles. The third kappa shape index (κ3) is 8.06. The average molecular weight is 606 g/mol. The van der Waals surface area contributed by atoms with E-state index in [9.17, 15) is 29.0 Å². The summed E-state index contributed by atoms with van der Waals surface area (Å²) in [7, 11) is 0. The molecule has 0 aliphatic heterocycles. The van der Waals surface area contributed by atoms with E-state index in [1.165, 1.54) is 18.2 Å². The number of halogens is 1. The largest absolute Gasteiger partial charge is 0.481 e. The standard InChI is InChI=1S/C33H36FN3O7/c1-18(2)32-26(13-11-23(38)15-24(39)16-28(40)41)30(19-6-8-21(34)9-7-19)31-25-12-10-22(36-33(44)35-17-29(42)43)14-20(25)4-3-5-27(31)37-32/h6-14,18,23-24,38-39H,3-5,15-17H2,1-2H3,(H,40,41)(H,42,43)(H2,35,36,44)/t23-,24-/m1/s1. The van der Waals surface area contributed by atoms with E-state index in [4.69, 9.17) is 15.2 Å². The zero-order chi connectivity index (χ0) is 32.0. The number of fused-ring (bicyclic) bond motifs is 3. The zero-order valence-corrected chi connectivity index (χ0v) is 24.5. The van der Waals surface area contributed by atoms with E-state index < -0.39 is 49.0 Å². The summed E-state index contributed by atoms with van der Waals surface area (Å²) in [6.07, 6.45) is 2.35. The second-order valence-electron chi connectivity index (χ2n) is 11.1. The van der Waals surface area contributed by atoms with Gasteiger partial charge in [-0.3, -0.25) is 14.6 Å². The summed E-state index contributed by atoms with van der Waals surface area (Å²) in [5, 5.41) is 43.4. The van der Waals surface area contributed by atoms with Crippen molar-refractivity contribution in [2.45, 2.75) is 64.1 Å². The van der Waals surface area contributed by atoms with Crippen molar-refractivity contribution in [2.24, 2.45) is 0 Å². The first kappa shape index (κ1) is 32.3. The van der Waals surface area contributed by atoms with Crippen LogP contribution in [0, 0.1) is 5.82 Å². The highest BCUT2D eigenvalue weighted by atomic mass is 19.1. The van der Waals surface area contributed by atoms with Crippen LogP contribution in [0.3, 0.4) is 0 Å². The lowest BCUT2D eigenvalue weighted by molar-refractivity contribution is -0.139. The first-order chi connectivity index (χ1) is 20.9. The third-order valence-corrected chi connectivity index (χ3v) is 7.32. The molecule has 0 bridgehead atoms. The predicted octanol–water partition coefficient (Wildman–Crippen LogP) is 4.97. The number of pyridine rings is 1. The number of carboxylic acids is 2. The lowest BCUT2D eigenvalue weighted by Crippen LogP contribution is -2.33. The van der Waals surface area contributed by atoms with Gasteiger partial charge in [0, 0.05) is 34.5 Å². The number of carbonyl (C=O) groups is 3. The number of aromatic nitrogens is 1. The Morgan fingerprint density at radius 2 is 1.73 bits per heavy atom. The molecule has 2 amide bonds. The molecule has 1 aliphatic carbocycles. The van der Waals surface area contributed by atoms with Crippen molar-refractivity contribution in [1.29, 1.82) is 0 Å². The van der Waals surface area contributed by atoms with Crippen LogP contribution in [0.2, 0.25) is 0 Å². The number of nitrogens with zero attached hydrogens (tertiary/aromatic N) is 1. The summed E-state index contributed by atoms with van der Waals surface area (Å²) >= 11 is 0. The van der Waals surface area contributed by atoms with Gasteiger partial charge in [0.2, 0.25) is 0 Å². The van der Waals surface area contributed by atoms with E-state index in [2.05, 4.69) is 10.6 Å². The molecule has 0 saturated carbocycles. The molecule has 1 aliphatic rings. The van der Waals surface area contributed by atoms with E-state index in [0.717, 1.165) is 45.6 Å². The monoisotopic (exact) mass is 605 g/mol. The Hall–Kier alpha value is -4.61. The number of nitrogens with one attached hydrogen (secondary N) is 2. The molecule has 1 aromatic heterocycles. The molecule has 0 unspecified atom stereocenters. The molecule has 0 radical (unpaired) electrons. The number of aliphatic carboxylic acids is 2. The van der Waals surface area contributed by atoms with Gasteiger partial charge in [0.05, 0.1) is 24.3 Å². The molecule has 44 heavy (non-hydrogen) atoms. The van der Waals surface area contributed by atoms with E-state index in [1.54, 1.807) is 24.3 Å². The first-order valence-electron chi connectivity index (χ1n) is 14.4. The van der Waals surface area contributed by atoms with Crippen LogP contribution in [0.4, 0.5) is 14.9 Å². The Labute approximate surface area is 254 Å². The summed E-state index contributed by atoms with van der Waals surface area (Å²) in [4.78, 5) is 39.1. The maximum atomic E-state index is 14.1. The Kier molecular flexibility index (Phi) is 10.5. The number of aryl methyl sites for hydroxylation is 2. The van der Waals surface area contributed by atoms with Gasteiger partial charge >= 0.3 is 18.0 Å². The highest BCUT2D eigenvalue weighted by molar-refractivity contribution is 5.95. The molecule has 4 rings (SSSR count). The van der Waals surface area contributed by atoms with Crippen LogP contribution in [-0.2, 0) is 22.4 Å². The van der Waals surface area contributed by atoms with Crippen LogP contribution in [0.15, 0.2) is 48.5 Å². The topological polar surface area (TPSA) is 169 Å². The van der Waals surface area contributed by atoms with Crippen LogP contribution >= 0.6 is 0 Å². The van der Waals surface area contributed by atoms with Gasteiger partial charge < -0.3 is 31.1 Å². The van der Waals surface area contributed by atoms with Gasteiger partial charge in [-0.05, 0) is 66.1 Å². The van der Waals surface area contributed by atoms with Gasteiger partial charge in [-0.25, -0.2) is 9.18 Å². The minimum absolute atomic E-state index is 0.0208. The number of aliphatic hydroxyl groups is 2. The number of amides is 2. The third-order valence-electron chi connectivity index (χ3n) is 7.32. The summed E-state index contributed by atoms with van der Waals surface area (Å²) in [5.41, 5.74) is 7.02. The van der Waals surface area contributed by atoms with Crippen LogP contribution in [0.5, 0.6) is 0 Å². The Morgan fingerprint density at radius 1 is 1.00 bits per heavy atom. The van der Waals surface area contributed by atoms with Crippen molar-refractivity contribution in [2.75, 3.05) is 11.9 Å². The molecule has 1 heterocycles. The molecule has 232 valence electrons. The van der Waals surface area contributed by atoms with Crippen molar-refractivity contribution in [3.63, 3.8) is 0 Å². The summed E-state index contributed by atoms with van der Waals surface area (Å²) in [5.74, 6) is -2.74. The number of hydrogen-bond donors (Lipinski definition) is 6. The van der Waals surface area contributed by atoms with E-state index in [1.807, 2.05) is 26.0 Å². The average Bonchev–Trinajstić information content (AvgIpc) is 3.13. The van der Waals surface area contributed by atoms with Gasteiger partial charge in [-0.1, -0.05) is 44.2 Å². The smallest absolute Gasteiger partial charge is 0.323 e. The van der Waals surface area contributed by atoms with Crippen LogP contribution in [0.1, 0.15) is 61.5 Å². The fraction of sp³-hybridized carbons (Fsp3) is 0.333. The molecular formula is C33H36FN3O7. The highest BCUT2D eigenvalue weighted by Gasteiger charge is 2.26. The SMILES string of the molecule is CC(C)c1nc2c(c(-c3ccc(F)cc3)c1C=C[C@@H](O)C[C@@H](O)CC(=O)O)-c1ccc(NC(=O)NCC(=O)O)cc1CCC2. The lowest BCUT2D eigenvalue weighted by Gasteiger charge is -2.23. The molecular weight excluding hydrogens is 569 g/mol. The second-order valence-corrected chi connectivity index (χ2v) is 11.1. The maximum Gasteiger partial charge on any atom is 0.323 e. The number of aliphatic hydroxyl groups excluding tert-OH is 2. The highest BCUT2D eigenvalue weighted by Crippen LogP contribution is 2.44. The summed E-state index contributed by atoms with van der Waals surface area (Å²) < 4.78 is 14.1. The van der Waals surface area contributed by atoms with Gasteiger partial charge in [-0.2, -0.15) is 0 Å². The minimum Gasteiger partial charge on any atom is -0.481 e. The Bertz CT molecular complexity index is 1570. The number of anilines is 1. The van der Waals surface area contributed by atoms with Crippen LogP contribution in [0.25, 0.3) is 28.3 Å². The van der Waals surface area contributed by atoms with Crippen LogP contribution in [-0.4, -0.2) is 62.1 Å². The second kappa shape index (κ2) is 14.2. The maximum absolute atomic E-state index is 14.1. The van der Waals surface area contributed by atoms with Crippen LogP contribution < -0.4 is 10.6 Å². The number of benzene rings is 2.